The second-order valence-corrected chi connectivity index (χ2v) is 2.97. The zero-order valence-corrected chi connectivity index (χ0v) is 7.82. The maximum absolute atomic E-state index is 10.8. The second kappa shape index (κ2) is 3.54. The van der Waals surface area contributed by atoms with Gasteiger partial charge in [-0.3, -0.25) is 4.79 Å². The van der Waals surface area contributed by atoms with Crippen LogP contribution in [-0.2, 0) is 9.53 Å². The number of esters is 1. The summed E-state index contributed by atoms with van der Waals surface area (Å²) in [5.41, 5.74) is 0.828. The summed E-state index contributed by atoms with van der Waals surface area (Å²) in [6.07, 6.45) is 1.75. The van der Waals surface area contributed by atoms with Gasteiger partial charge < -0.3 is 9.47 Å². The first-order valence-corrected chi connectivity index (χ1v) is 4.38. The molecule has 0 bridgehead atoms. The molecule has 1 aliphatic heterocycles. The summed E-state index contributed by atoms with van der Waals surface area (Å²) in [7, 11) is 0. The normalized spacial score (nSPS) is 13.6. The number of carbonyl (C=O) groups is 1. The molecule has 3 heteroatoms. The first-order valence-electron chi connectivity index (χ1n) is 4.38. The predicted molar refractivity (Wildman–Crippen MR) is 51.7 cm³/mol. The van der Waals surface area contributed by atoms with E-state index in [1.165, 1.54) is 6.92 Å². The molecule has 3 nitrogen and oxygen atoms in total. The van der Waals surface area contributed by atoms with Crippen LogP contribution in [0.3, 0.4) is 0 Å². The van der Waals surface area contributed by atoms with Crippen molar-refractivity contribution in [1.82, 2.24) is 0 Å². The Bertz CT molecular complexity index is 393. The minimum Gasteiger partial charge on any atom is -0.489 e. The van der Waals surface area contributed by atoms with Crippen molar-refractivity contribution in [2.45, 2.75) is 6.92 Å². The van der Waals surface area contributed by atoms with E-state index in [0.717, 1.165) is 11.3 Å². The van der Waals surface area contributed by atoms with E-state index in [9.17, 15) is 4.79 Å². The number of carbonyl (C=O) groups excluding carboxylic acids is 1. The van der Waals surface area contributed by atoms with Crippen molar-refractivity contribution >= 4 is 11.7 Å². The monoisotopic (exact) mass is 190 g/mol. The fourth-order valence-electron chi connectivity index (χ4n) is 1.36. The Morgan fingerprint density at radius 2 is 2.21 bits per heavy atom. The highest BCUT2D eigenvalue weighted by atomic mass is 16.5. The van der Waals surface area contributed by atoms with E-state index in [0.29, 0.717) is 12.4 Å². The lowest BCUT2D eigenvalue weighted by Crippen LogP contribution is -2.08. The number of rotatable bonds is 1. The van der Waals surface area contributed by atoms with Crippen LogP contribution in [0, 0.1) is 0 Å². The van der Waals surface area contributed by atoms with E-state index in [2.05, 4.69) is 0 Å². The van der Waals surface area contributed by atoms with Gasteiger partial charge in [-0.05, 0) is 18.2 Å². The lowest BCUT2D eigenvalue weighted by Gasteiger charge is -2.17. The molecule has 0 fully saturated rings. The maximum Gasteiger partial charge on any atom is 0.308 e. The minimum atomic E-state index is -0.312. The van der Waals surface area contributed by atoms with Crippen LogP contribution in [0.1, 0.15) is 12.5 Å². The Morgan fingerprint density at radius 3 is 3.00 bits per heavy atom. The van der Waals surface area contributed by atoms with Crippen LogP contribution >= 0.6 is 0 Å². The summed E-state index contributed by atoms with van der Waals surface area (Å²) in [5.74, 6) is 1.03. The molecule has 0 aliphatic carbocycles. The molecule has 1 aliphatic rings. The number of para-hydroxylation sites is 1. The molecule has 0 aromatic heterocycles. The van der Waals surface area contributed by atoms with E-state index < -0.39 is 0 Å². The molecule has 0 unspecified atom stereocenters. The van der Waals surface area contributed by atoms with Gasteiger partial charge in [-0.25, -0.2) is 0 Å². The first-order chi connectivity index (χ1) is 6.77. The largest absolute Gasteiger partial charge is 0.489 e. The Labute approximate surface area is 81.9 Å². The summed E-state index contributed by atoms with van der Waals surface area (Å²) in [5, 5.41) is 0. The zero-order valence-electron chi connectivity index (χ0n) is 7.82. The third-order valence-electron chi connectivity index (χ3n) is 1.91. The van der Waals surface area contributed by atoms with Gasteiger partial charge in [0.2, 0.25) is 0 Å². The maximum atomic E-state index is 10.8. The topological polar surface area (TPSA) is 35.5 Å². The van der Waals surface area contributed by atoms with Gasteiger partial charge in [0.05, 0.1) is 5.56 Å². The molecule has 0 spiro atoms. The highest BCUT2D eigenvalue weighted by Crippen LogP contribution is 2.29. The van der Waals surface area contributed by atoms with Crippen molar-refractivity contribution in [3.05, 3.63) is 35.9 Å². The van der Waals surface area contributed by atoms with Crippen molar-refractivity contribution < 1.29 is 14.3 Å². The average molecular weight is 190 g/mol. The standard InChI is InChI=1S/C11H10O3/c1-8(12)14-11-6-7-13-10-5-3-2-4-9(10)11/h2-6H,7H2,1H3. The van der Waals surface area contributed by atoms with Crippen LogP contribution in [0.2, 0.25) is 0 Å². The molecule has 0 N–H and O–H groups in total. The fourth-order valence-corrected chi connectivity index (χ4v) is 1.36. The van der Waals surface area contributed by atoms with Gasteiger partial charge in [0.1, 0.15) is 18.1 Å². The van der Waals surface area contributed by atoms with Gasteiger partial charge in [0.25, 0.3) is 0 Å². The molecule has 0 radical (unpaired) electrons. The fraction of sp³-hybridized carbons (Fsp3) is 0.182. The Morgan fingerprint density at radius 1 is 1.43 bits per heavy atom. The van der Waals surface area contributed by atoms with Gasteiger partial charge in [-0.1, -0.05) is 12.1 Å². The van der Waals surface area contributed by atoms with Crippen LogP contribution in [0.5, 0.6) is 5.75 Å². The quantitative estimate of drug-likeness (QED) is 0.635. The van der Waals surface area contributed by atoms with E-state index in [4.69, 9.17) is 9.47 Å². The number of fused-ring (bicyclic) bond motifs is 1. The molecular weight excluding hydrogens is 180 g/mol. The molecule has 1 aromatic rings. The molecule has 0 atom stereocenters. The summed E-state index contributed by atoms with van der Waals surface area (Å²) >= 11 is 0. The molecule has 0 saturated heterocycles. The third-order valence-corrected chi connectivity index (χ3v) is 1.91. The van der Waals surface area contributed by atoms with Crippen molar-refractivity contribution in [3.8, 4) is 5.75 Å². The van der Waals surface area contributed by atoms with Crippen molar-refractivity contribution in [3.63, 3.8) is 0 Å². The van der Waals surface area contributed by atoms with Crippen molar-refractivity contribution in [2.24, 2.45) is 0 Å². The van der Waals surface area contributed by atoms with E-state index in [1.54, 1.807) is 6.08 Å². The van der Waals surface area contributed by atoms with Gasteiger partial charge in [0.15, 0.2) is 0 Å². The number of ether oxygens (including phenoxy) is 2. The Hall–Kier alpha value is -1.77. The van der Waals surface area contributed by atoms with Crippen LogP contribution < -0.4 is 4.74 Å². The molecule has 1 aromatic carbocycles. The highest BCUT2D eigenvalue weighted by molar-refractivity contribution is 5.78. The van der Waals surface area contributed by atoms with Gasteiger partial charge >= 0.3 is 5.97 Å². The van der Waals surface area contributed by atoms with E-state index >= 15 is 0 Å². The molecule has 2 rings (SSSR count). The molecule has 0 amide bonds. The number of hydrogen-bond acceptors (Lipinski definition) is 3. The van der Waals surface area contributed by atoms with E-state index in [-0.39, 0.29) is 5.97 Å². The third kappa shape index (κ3) is 1.62. The average Bonchev–Trinajstić information content (AvgIpc) is 2.18. The van der Waals surface area contributed by atoms with Crippen LogP contribution in [-0.4, -0.2) is 12.6 Å². The van der Waals surface area contributed by atoms with Crippen LogP contribution in [0.25, 0.3) is 5.76 Å². The number of benzene rings is 1. The molecule has 1 heterocycles. The summed E-state index contributed by atoms with van der Waals surface area (Å²) < 4.78 is 10.4. The highest BCUT2D eigenvalue weighted by Gasteiger charge is 2.15. The zero-order chi connectivity index (χ0) is 9.97. The van der Waals surface area contributed by atoms with Crippen LogP contribution in [0.15, 0.2) is 30.3 Å². The van der Waals surface area contributed by atoms with Crippen molar-refractivity contribution in [2.75, 3.05) is 6.61 Å². The molecule has 0 saturated carbocycles. The Kier molecular flexibility index (Phi) is 2.23. The van der Waals surface area contributed by atoms with Gasteiger partial charge in [-0.15, -0.1) is 0 Å². The smallest absolute Gasteiger partial charge is 0.308 e. The Balaban J connectivity index is 2.35. The lowest BCUT2D eigenvalue weighted by molar-refractivity contribution is -0.134. The predicted octanol–water partition coefficient (Wildman–Crippen LogP) is 1.98. The van der Waals surface area contributed by atoms with Gasteiger partial charge in [0, 0.05) is 6.92 Å². The summed E-state index contributed by atoms with van der Waals surface area (Å²) in [6.45, 7) is 1.83. The first kappa shape index (κ1) is 8.81. The molecular formula is C11H10O3. The van der Waals surface area contributed by atoms with Crippen LogP contribution in [0.4, 0.5) is 0 Å². The lowest BCUT2D eigenvalue weighted by atomic mass is 10.1. The SMILES string of the molecule is CC(=O)OC1=CCOc2ccccc21. The van der Waals surface area contributed by atoms with E-state index in [1.807, 2.05) is 24.3 Å². The summed E-state index contributed by atoms with van der Waals surface area (Å²) in [4.78, 5) is 10.8. The van der Waals surface area contributed by atoms with Gasteiger partial charge in [-0.2, -0.15) is 0 Å². The molecule has 14 heavy (non-hydrogen) atoms. The number of hydrogen-bond donors (Lipinski definition) is 0. The van der Waals surface area contributed by atoms with Crippen molar-refractivity contribution in [1.29, 1.82) is 0 Å². The summed E-state index contributed by atoms with van der Waals surface area (Å²) in [6, 6.07) is 7.48. The second-order valence-electron chi connectivity index (χ2n) is 2.97. The molecule has 72 valence electrons. The minimum absolute atomic E-state index is 0.312.